The standard InChI is InChI=1S/C27H43N3O2/c1-3-4-5-6-7-8-9-10-11-12-13-14-15-16-17-18-19-20-21-22-26(31)29-23-24-30-27(32)25-28-2/h4-5,7-8,10-11,13-14,16-17,19-20,28H,3,6,9,12,15,18,21-25H2,1-2H3,(H,29,31)(H,30,32). The zero-order valence-corrected chi connectivity index (χ0v) is 20.0. The summed E-state index contributed by atoms with van der Waals surface area (Å²) in [5.41, 5.74) is 0. The fourth-order valence-electron chi connectivity index (χ4n) is 2.57. The van der Waals surface area contributed by atoms with E-state index < -0.39 is 0 Å². The molecule has 0 aromatic rings. The average Bonchev–Trinajstić information content (AvgIpc) is 2.78. The van der Waals surface area contributed by atoms with Gasteiger partial charge in [-0.05, 0) is 52.0 Å². The van der Waals surface area contributed by atoms with E-state index in [-0.39, 0.29) is 18.4 Å². The van der Waals surface area contributed by atoms with E-state index in [4.69, 9.17) is 0 Å². The molecule has 0 bridgehead atoms. The molecule has 0 aliphatic rings. The Morgan fingerprint density at radius 1 is 0.594 bits per heavy atom. The second kappa shape index (κ2) is 24.6. The molecule has 0 radical (unpaired) electrons. The number of amides is 2. The van der Waals surface area contributed by atoms with Crippen LogP contribution in [0, 0.1) is 0 Å². The van der Waals surface area contributed by atoms with Crippen molar-refractivity contribution in [3.63, 3.8) is 0 Å². The Hall–Kier alpha value is -2.66. The summed E-state index contributed by atoms with van der Waals surface area (Å²) in [5.74, 6) is -0.0629. The Labute approximate surface area is 195 Å². The number of rotatable bonds is 19. The zero-order chi connectivity index (χ0) is 23.5. The third-order valence-electron chi connectivity index (χ3n) is 4.24. The zero-order valence-electron chi connectivity index (χ0n) is 20.0. The highest BCUT2D eigenvalue weighted by atomic mass is 16.2. The maximum Gasteiger partial charge on any atom is 0.234 e. The summed E-state index contributed by atoms with van der Waals surface area (Å²) in [6.07, 6.45) is 33.1. The highest BCUT2D eigenvalue weighted by Gasteiger charge is 2.00. The largest absolute Gasteiger partial charge is 0.354 e. The summed E-state index contributed by atoms with van der Waals surface area (Å²) in [5, 5.41) is 8.29. The molecule has 0 aliphatic heterocycles. The van der Waals surface area contributed by atoms with Crippen molar-refractivity contribution in [1.29, 1.82) is 0 Å². The van der Waals surface area contributed by atoms with Gasteiger partial charge in [-0.25, -0.2) is 0 Å². The van der Waals surface area contributed by atoms with Crippen LogP contribution in [0.1, 0.15) is 58.3 Å². The molecule has 178 valence electrons. The molecule has 2 amide bonds. The van der Waals surface area contributed by atoms with Crippen molar-refractivity contribution in [3.05, 3.63) is 72.9 Å². The first-order chi connectivity index (χ1) is 15.7. The fourth-order valence-corrected chi connectivity index (χ4v) is 2.57. The number of nitrogens with one attached hydrogen (secondary N) is 3. The van der Waals surface area contributed by atoms with Crippen LogP contribution in [-0.4, -0.2) is 38.5 Å². The van der Waals surface area contributed by atoms with E-state index in [0.717, 1.165) is 44.9 Å². The van der Waals surface area contributed by atoms with Crippen LogP contribution in [0.15, 0.2) is 72.9 Å². The average molecular weight is 442 g/mol. The minimum Gasteiger partial charge on any atom is -0.354 e. The first-order valence-electron chi connectivity index (χ1n) is 11.8. The van der Waals surface area contributed by atoms with E-state index in [1.165, 1.54) is 0 Å². The molecule has 0 aromatic carbocycles. The van der Waals surface area contributed by atoms with Gasteiger partial charge in [0.05, 0.1) is 6.54 Å². The molecular weight excluding hydrogens is 398 g/mol. The second-order valence-electron chi connectivity index (χ2n) is 7.18. The third kappa shape index (κ3) is 23.6. The normalized spacial score (nSPS) is 12.4. The Balaban J connectivity index is 3.58. The summed E-state index contributed by atoms with van der Waals surface area (Å²) in [6.45, 7) is 3.34. The van der Waals surface area contributed by atoms with Crippen molar-refractivity contribution < 1.29 is 9.59 Å². The van der Waals surface area contributed by atoms with Crippen LogP contribution in [0.25, 0.3) is 0 Å². The number of likely N-dealkylation sites (N-methyl/N-ethyl adjacent to an activating group) is 1. The fraction of sp³-hybridized carbons (Fsp3) is 0.481. The number of carbonyl (C=O) groups excluding carboxylic acids is 2. The summed E-state index contributed by atoms with van der Waals surface area (Å²) >= 11 is 0. The van der Waals surface area contributed by atoms with E-state index >= 15 is 0 Å². The minimum absolute atomic E-state index is 0.00685. The van der Waals surface area contributed by atoms with Crippen LogP contribution >= 0.6 is 0 Å². The molecule has 0 aromatic heterocycles. The quantitative estimate of drug-likeness (QED) is 0.197. The van der Waals surface area contributed by atoms with Crippen molar-refractivity contribution in [2.45, 2.75) is 58.3 Å². The van der Waals surface area contributed by atoms with Crippen LogP contribution < -0.4 is 16.0 Å². The van der Waals surface area contributed by atoms with E-state index in [2.05, 4.69) is 89.7 Å². The Bertz CT molecular complexity index is 643. The molecule has 5 nitrogen and oxygen atoms in total. The lowest BCUT2D eigenvalue weighted by atomic mass is 10.2. The Kier molecular flexibility index (Phi) is 22.6. The smallest absolute Gasteiger partial charge is 0.234 e. The van der Waals surface area contributed by atoms with Crippen LogP contribution in [0.2, 0.25) is 0 Å². The molecule has 0 spiro atoms. The molecule has 0 fully saturated rings. The van der Waals surface area contributed by atoms with Crippen LogP contribution in [-0.2, 0) is 9.59 Å². The summed E-state index contributed by atoms with van der Waals surface area (Å²) in [4.78, 5) is 22.9. The molecule has 0 heterocycles. The predicted octanol–water partition coefficient (Wildman–Crippen LogP) is 4.92. The number of hydrogen-bond acceptors (Lipinski definition) is 3. The van der Waals surface area contributed by atoms with Gasteiger partial charge in [0.15, 0.2) is 0 Å². The number of allylic oxidation sites excluding steroid dienone is 12. The monoisotopic (exact) mass is 441 g/mol. The third-order valence-corrected chi connectivity index (χ3v) is 4.24. The summed E-state index contributed by atoms with van der Waals surface area (Å²) < 4.78 is 0. The second-order valence-corrected chi connectivity index (χ2v) is 7.18. The summed E-state index contributed by atoms with van der Waals surface area (Å²) in [7, 11) is 1.72. The van der Waals surface area contributed by atoms with Crippen molar-refractivity contribution in [2.24, 2.45) is 0 Å². The van der Waals surface area contributed by atoms with Gasteiger partial charge in [-0.2, -0.15) is 0 Å². The minimum atomic E-state index is -0.0697. The Morgan fingerprint density at radius 2 is 1.00 bits per heavy atom. The van der Waals surface area contributed by atoms with Gasteiger partial charge in [-0.3, -0.25) is 9.59 Å². The predicted molar refractivity (Wildman–Crippen MR) is 137 cm³/mol. The highest BCUT2D eigenvalue weighted by molar-refractivity contribution is 5.78. The van der Waals surface area contributed by atoms with Crippen LogP contribution in [0.5, 0.6) is 0 Å². The molecule has 0 saturated carbocycles. The van der Waals surface area contributed by atoms with Crippen molar-refractivity contribution in [3.8, 4) is 0 Å². The van der Waals surface area contributed by atoms with Gasteiger partial charge in [-0.15, -0.1) is 0 Å². The number of hydrogen-bond donors (Lipinski definition) is 3. The topological polar surface area (TPSA) is 70.2 Å². The molecule has 0 saturated heterocycles. The molecule has 3 N–H and O–H groups in total. The van der Waals surface area contributed by atoms with E-state index in [9.17, 15) is 9.59 Å². The van der Waals surface area contributed by atoms with Crippen LogP contribution in [0.4, 0.5) is 0 Å². The Morgan fingerprint density at radius 3 is 1.44 bits per heavy atom. The van der Waals surface area contributed by atoms with Crippen LogP contribution in [0.3, 0.4) is 0 Å². The van der Waals surface area contributed by atoms with E-state index in [1.807, 2.05) is 6.08 Å². The van der Waals surface area contributed by atoms with Gasteiger partial charge in [0.1, 0.15) is 0 Å². The number of carbonyl (C=O) groups is 2. The van der Waals surface area contributed by atoms with Gasteiger partial charge >= 0.3 is 0 Å². The lowest BCUT2D eigenvalue weighted by molar-refractivity contribution is -0.122. The first-order valence-corrected chi connectivity index (χ1v) is 11.8. The molecule has 0 atom stereocenters. The van der Waals surface area contributed by atoms with Gasteiger partial charge in [0.2, 0.25) is 11.8 Å². The maximum absolute atomic E-state index is 11.7. The van der Waals surface area contributed by atoms with E-state index in [1.54, 1.807) is 7.05 Å². The van der Waals surface area contributed by atoms with Gasteiger partial charge in [-0.1, -0.05) is 79.8 Å². The van der Waals surface area contributed by atoms with Crippen molar-refractivity contribution >= 4 is 11.8 Å². The van der Waals surface area contributed by atoms with Gasteiger partial charge in [0.25, 0.3) is 0 Å². The van der Waals surface area contributed by atoms with E-state index in [0.29, 0.717) is 19.5 Å². The highest BCUT2D eigenvalue weighted by Crippen LogP contribution is 1.97. The SMILES string of the molecule is CCC=CCC=CCC=CCC=CCC=CCC=CCCC(=O)NCCNC(=O)CNC. The molecule has 32 heavy (non-hydrogen) atoms. The molecule has 5 heteroatoms. The first kappa shape index (κ1) is 29.3. The van der Waals surface area contributed by atoms with Gasteiger partial charge in [0, 0.05) is 19.5 Å². The maximum atomic E-state index is 11.7. The van der Waals surface area contributed by atoms with Gasteiger partial charge < -0.3 is 16.0 Å². The molecular formula is C27H43N3O2. The molecule has 0 aliphatic carbocycles. The molecule has 0 unspecified atom stereocenters. The lowest BCUT2D eigenvalue weighted by Crippen LogP contribution is -2.38. The summed E-state index contributed by atoms with van der Waals surface area (Å²) in [6, 6.07) is 0. The van der Waals surface area contributed by atoms with Crippen molar-refractivity contribution in [2.75, 3.05) is 26.7 Å². The molecule has 0 rings (SSSR count). The lowest BCUT2D eigenvalue weighted by Gasteiger charge is -2.06. The van der Waals surface area contributed by atoms with Crippen molar-refractivity contribution in [1.82, 2.24) is 16.0 Å².